The van der Waals surface area contributed by atoms with E-state index in [1.54, 1.807) is 27.7 Å². The molecule has 234 valence electrons. The fourth-order valence-corrected chi connectivity index (χ4v) is 2.86. The van der Waals surface area contributed by atoms with Crippen molar-refractivity contribution in [2.45, 2.75) is 94.9 Å². The lowest BCUT2D eigenvalue weighted by atomic mass is 9.95. The van der Waals surface area contributed by atoms with Crippen molar-refractivity contribution in [3.8, 4) is 0 Å². The van der Waals surface area contributed by atoms with E-state index >= 15 is 0 Å². The summed E-state index contributed by atoms with van der Waals surface area (Å²) < 4.78 is 31.9. The Balaban J connectivity index is 4.09. The van der Waals surface area contributed by atoms with Crippen LogP contribution in [0.5, 0.6) is 0 Å². The van der Waals surface area contributed by atoms with Gasteiger partial charge in [0.25, 0.3) is 0 Å². The Labute approximate surface area is 241 Å². The monoisotopic (exact) mass is 574 g/mol. The molecule has 0 aliphatic rings. The summed E-state index contributed by atoms with van der Waals surface area (Å²) in [5.41, 5.74) is -1.91. The molecule has 0 aromatic rings. The van der Waals surface area contributed by atoms with E-state index < -0.39 is 34.7 Å². The van der Waals surface area contributed by atoms with Gasteiger partial charge in [-0.2, -0.15) is 0 Å². The van der Waals surface area contributed by atoms with Crippen molar-refractivity contribution in [3.63, 3.8) is 0 Å². The van der Waals surface area contributed by atoms with Gasteiger partial charge in [0, 0.05) is 12.8 Å². The van der Waals surface area contributed by atoms with Crippen molar-refractivity contribution in [1.82, 2.24) is 0 Å². The highest BCUT2D eigenvalue weighted by atomic mass is 16.6. The number of esters is 4. The van der Waals surface area contributed by atoms with Crippen LogP contribution in [-0.4, -0.2) is 76.7 Å². The van der Waals surface area contributed by atoms with Crippen molar-refractivity contribution in [3.05, 3.63) is 0 Å². The van der Waals surface area contributed by atoms with Gasteiger partial charge in [0.05, 0.1) is 37.3 Å². The van der Waals surface area contributed by atoms with Gasteiger partial charge in [-0.05, 0) is 51.4 Å². The van der Waals surface area contributed by atoms with Crippen LogP contribution in [0.3, 0.4) is 0 Å². The SMILES string of the molecule is CC(C)(C)COCCOC(=O)C(C)(C)COC(=O)CCCCC(=O)OCC(C)(C)C(=O)OCCOCC(C)(C)C. The van der Waals surface area contributed by atoms with Crippen LogP contribution in [0.15, 0.2) is 0 Å². The first-order valence-electron chi connectivity index (χ1n) is 14.1. The Kier molecular flexibility index (Phi) is 16.6. The second-order valence-electron chi connectivity index (χ2n) is 13.8. The van der Waals surface area contributed by atoms with E-state index in [0.717, 1.165) is 0 Å². The second-order valence-corrected chi connectivity index (χ2v) is 13.8. The molecule has 10 nitrogen and oxygen atoms in total. The maximum absolute atomic E-state index is 12.3. The molecule has 0 N–H and O–H groups in total. The molecule has 0 amide bonds. The highest BCUT2D eigenvalue weighted by Gasteiger charge is 2.32. The Morgan fingerprint density at radius 1 is 0.450 bits per heavy atom. The Bertz CT molecular complexity index is 721. The standard InChI is InChI=1S/C30H54O10/c1-27(2,3)19-35-15-17-37-25(33)29(7,8)21-39-23(31)13-11-12-14-24(32)40-22-30(9,10)26(34)38-18-16-36-20-28(4,5)6/h11-22H2,1-10H3. The van der Waals surface area contributed by atoms with Crippen LogP contribution < -0.4 is 0 Å². The number of carbonyl (C=O) groups is 4. The summed E-state index contributed by atoms with van der Waals surface area (Å²) in [6.45, 7) is 20.7. The van der Waals surface area contributed by atoms with Crippen LogP contribution in [0.4, 0.5) is 0 Å². The van der Waals surface area contributed by atoms with Crippen molar-refractivity contribution < 1.29 is 47.6 Å². The Morgan fingerprint density at radius 3 is 1.07 bits per heavy atom. The van der Waals surface area contributed by atoms with E-state index in [9.17, 15) is 19.2 Å². The Hall–Kier alpha value is -2.20. The number of rotatable bonds is 19. The lowest BCUT2D eigenvalue weighted by molar-refractivity contribution is -0.164. The molecule has 10 heteroatoms. The minimum Gasteiger partial charge on any atom is -0.464 e. The molecule has 0 saturated heterocycles. The molecule has 0 bridgehead atoms. The van der Waals surface area contributed by atoms with E-state index in [2.05, 4.69) is 41.5 Å². The molecule has 0 aliphatic heterocycles. The van der Waals surface area contributed by atoms with Crippen LogP contribution in [0, 0.1) is 21.7 Å². The van der Waals surface area contributed by atoms with Crippen LogP contribution in [0.25, 0.3) is 0 Å². The zero-order valence-electron chi connectivity index (χ0n) is 26.6. The highest BCUT2D eigenvalue weighted by Crippen LogP contribution is 2.20. The fourth-order valence-electron chi connectivity index (χ4n) is 2.86. The first kappa shape index (κ1) is 37.8. The van der Waals surface area contributed by atoms with Gasteiger partial charge in [-0.25, -0.2) is 0 Å². The third kappa shape index (κ3) is 19.8. The summed E-state index contributed by atoms with van der Waals surface area (Å²) in [5.74, 6) is -1.86. The van der Waals surface area contributed by atoms with Crippen LogP contribution in [0.1, 0.15) is 94.9 Å². The lowest BCUT2D eigenvalue weighted by Crippen LogP contribution is -2.33. The summed E-state index contributed by atoms with van der Waals surface area (Å²) in [6, 6.07) is 0. The summed E-state index contributed by atoms with van der Waals surface area (Å²) in [4.78, 5) is 48.8. The van der Waals surface area contributed by atoms with Crippen molar-refractivity contribution in [2.24, 2.45) is 21.7 Å². The molecule has 0 radical (unpaired) electrons. The largest absolute Gasteiger partial charge is 0.464 e. The summed E-state index contributed by atoms with van der Waals surface area (Å²) in [6.07, 6.45) is 1.05. The predicted octanol–water partition coefficient (Wildman–Crippen LogP) is 4.90. The molecule has 0 spiro atoms. The van der Waals surface area contributed by atoms with Crippen LogP contribution in [-0.2, 0) is 47.6 Å². The molecule has 0 saturated carbocycles. The minimum absolute atomic E-state index is 0.0341. The quantitative estimate of drug-likeness (QED) is 0.120. The molecule has 0 aromatic heterocycles. The van der Waals surface area contributed by atoms with E-state index in [0.29, 0.717) is 39.3 Å². The average molecular weight is 575 g/mol. The smallest absolute Gasteiger partial charge is 0.315 e. The zero-order chi connectivity index (χ0) is 31.0. The van der Waals surface area contributed by atoms with Gasteiger partial charge in [-0.1, -0.05) is 41.5 Å². The number of hydrogen-bond donors (Lipinski definition) is 0. The third-order valence-electron chi connectivity index (χ3n) is 5.30. The highest BCUT2D eigenvalue weighted by molar-refractivity contribution is 5.77. The topological polar surface area (TPSA) is 124 Å². The molecule has 0 aliphatic carbocycles. The minimum atomic E-state index is -0.989. The predicted molar refractivity (Wildman–Crippen MR) is 150 cm³/mol. The van der Waals surface area contributed by atoms with Gasteiger partial charge in [-0.15, -0.1) is 0 Å². The Morgan fingerprint density at radius 2 is 0.775 bits per heavy atom. The molecule has 0 heterocycles. The van der Waals surface area contributed by atoms with Gasteiger partial charge in [0.15, 0.2) is 0 Å². The van der Waals surface area contributed by atoms with Crippen molar-refractivity contribution >= 4 is 23.9 Å². The number of hydrogen-bond acceptors (Lipinski definition) is 10. The molecule has 0 aromatic carbocycles. The molecule has 40 heavy (non-hydrogen) atoms. The average Bonchev–Trinajstić information content (AvgIpc) is 2.82. The summed E-state index contributed by atoms with van der Waals surface area (Å²) in [5, 5.41) is 0. The van der Waals surface area contributed by atoms with E-state index in [-0.39, 0.29) is 50.1 Å². The van der Waals surface area contributed by atoms with E-state index in [1.165, 1.54) is 0 Å². The third-order valence-corrected chi connectivity index (χ3v) is 5.30. The number of carbonyl (C=O) groups excluding carboxylic acids is 4. The van der Waals surface area contributed by atoms with E-state index in [4.69, 9.17) is 28.4 Å². The van der Waals surface area contributed by atoms with Crippen molar-refractivity contribution in [1.29, 1.82) is 0 Å². The van der Waals surface area contributed by atoms with Gasteiger partial charge >= 0.3 is 23.9 Å². The van der Waals surface area contributed by atoms with E-state index in [1.807, 2.05) is 0 Å². The first-order chi connectivity index (χ1) is 18.3. The second kappa shape index (κ2) is 17.6. The van der Waals surface area contributed by atoms with Gasteiger partial charge in [-0.3, -0.25) is 19.2 Å². The van der Waals surface area contributed by atoms with Crippen LogP contribution in [0.2, 0.25) is 0 Å². The van der Waals surface area contributed by atoms with Gasteiger partial charge in [0.1, 0.15) is 26.4 Å². The van der Waals surface area contributed by atoms with Crippen LogP contribution >= 0.6 is 0 Å². The molecular formula is C30H54O10. The summed E-state index contributed by atoms with van der Waals surface area (Å²) >= 11 is 0. The molecule has 0 atom stereocenters. The van der Waals surface area contributed by atoms with Gasteiger partial charge < -0.3 is 28.4 Å². The maximum Gasteiger partial charge on any atom is 0.315 e. The number of unbranched alkanes of at least 4 members (excludes halogenated alkanes) is 1. The molecular weight excluding hydrogens is 520 g/mol. The maximum atomic E-state index is 12.3. The summed E-state index contributed by atoms with van der Waals surface area (Å²) in [7, 11) is 0. The first-order valence-corrected chi connectivity index (χ1v) is 14.1. The lowest BCUT2D eigenvalue weighted by Gasteiger charge is -2.23. The molecule has 0 rings (SSSR count). The van der Waals surface area contributed by atoms with Crippen molar-refractivity contribution in [2.75, 3.05) is 52.9 Å². The number of ether oxygens (including phenoxy) is 6. The normalized spacial score (nSPS) is 12.6. The molecule has 0 fully saturated rings. The molecule has 0 unspecified atom stereocenters. The van der Waals surface area contributed by atoms with Gasteiger partial charge in [0.2, 0.25) is 0 Å². The zero-order valence-corrected chi connectivity index (χ0v) is 26.6. The fraction of sp³-hybridized carbons (Fsp3) is 0.867.